The zero-order chi connectivity index (χ0) is 15.4. The Kier molecular flexibility index (Phi) is 4.53. The Morgan fingerprint density at radius 3 is 2.62 bits per heavy atom. The molecule has 0 spiro atoms. The van der Waals surface area contributed by atoms with E-state index in [0.717, 1.165) is 11.8 Å². The largest absolute Gasteiger partial charge is 0.364 e. The fraction of sp³-hybridized carbons (Fsp3) is 0.250. The molecule has 2 aromatic heterocycles. The van der Waals surface area contributed by atoms with Crippen molar-refractivity contribution in [2.45, 2.75) is 29.8 Å². The molecule has 8 nitrogen and oxygen atoms in total. The summed E-state index contributed by atoms with van der Waals surface area (Å²) in [5, 5.41) is 11.2. The molecule has 0 bridgehead atoms. The number of hydrogen-bond donors (Lipinski definition) is 1. The van der Waals surface area contributed by atoms with E-state index in [9.17, 15) is 19.7 Å². The first-order valence-corrected chi connectivity index (χ1v) is 6.95. The third-order valence-electron chi connectivity index (χ3n) is 2.62. The maximum absolute atomic E-state index is 11.9. The van der Waals surface area contributed by atoms with Gasteiger partial charge in [0.05, 0.1) is 4.92 Å². The van der Waals surface area contributed by atoms with E-state index in [1.165, 1.54) is 17.0 Å². The molecule has 2 rings (SSSR count). The third kappa shape index (κ3) is 3.19. The Balaban J connectivity index is 2.67. The van der Waals surface area contributed by atoms with Crippen LogP contribution in [0.3, 0.4) is 0 Å². The van der Waals surface area contributed by atoms with E-state index in [2.05, 4.69) is 4.98 Å². The lowest BCUT2D eigenvalue weighted by atomic mass is 10.4. The van der Waals surface area contributed by atoms with Crippen LogP contribution < -0.4 is 11.2 Å². The van der Waals surface area contributed by atoms with Gasteiger partial charge < -0.3 is 0 Å². The summed E-state index contributed by atoms with van der Waals surface area (Å²) >= 11 is 0.999. The molecule has 0 aromatic carbocycles. The van der Waals surface area contributed by atoms with Gasteiger partial charge in [0, 0.05) is 23.8 Å². The van der Waals surface area contributed by atoms with Crippen molar-refractivity contribution in [3.8, 4) is 0 Å². The van der Waals surface area contributed by atoms with Crippen LogP contribution in [0.15, 0.2) is 44.0 Å². The molecule has 0 amide bonds. The number of aromatic nitrogens is 3. The van der Waals surface area contributed by atoms with Crippen LogP contribution in [0.2, 0.25) is 0 Å². The quantitative estimate of drug-likeness (QED) is 0.508. The van der Waals surface area contributed by atoms with Crippen LogP contribution in [0, 0.1) is 10.1 Å². The predicted octanol–water partition coefficient (Wildman–Crippen LogP) is 1.40. The smallest absolute Gasteiger partial charge is 0.282 e. The van der Waals surface area contributed by atoms with Crippen molar-refractivity contribution in [1.29, 1.82) is 0 Å². The fourth-order valence-corrected chi connectivity index (χ4v) is 2.78. The summed E-state index contributed by atoms with van der Waals surface area (Å²) < 4.78 is 1.21. The average molecular weight is 308 g/mol. The number of rotatable bonds is 5. The molecule has 9 heteroatoms. The van der Waals surface area contributed by atoms with Crippen LogP contribution in [0.25, 0.3) is 0 Å². The molecule has 1 N–H and O–H groups in total. The summed E-state index contributed by atoms with van der Waals surface area (Å²) in [7, 11) is 0. The number of aromatic amines is 1. The van der Waals surface area contributed by atoms with Crippen molar-refractivity contribution in [2.24, 2.45) is 0 Å². The van der Waals surface area contributed by atoms with Gasteiger partial charge in [-0.05, 0) is 18.6 Å². The van der Waals surface area contributed by atoms with Gasteiger partial charge in [-0.2, -0.15) is 0 Å². The Morgan fingerprint density at radius 2 is 2.05 bits per heavy atom. The third-order valence-corrected chi connectivity index (χ3v) is 3.74. The van der Waals surface area contributed by atoms with Crippen molar-refractivity contribution >= 4 is 17.4 Å². The molecule has 0 aliphatic heterocycles. The molecular weight excluding hydrogens is 296 g/mol. The molecule has 0 aliphatic rings. The highest BCUT2D eigenvalue weighted by molar-refractivity contribution is 7.99. The van der Waals surface area contributed by atoms with Gasteiger partial charge in [-0.25, -0.2) is 4.79 Å². The number of nitrogens with zero attached hydrogens (tertiary/aromatic N) is 3. The summed E-state index contributed by atoms with van der Waals surface area (Å²) in [6, 6.07) is 3.30. The first-order valence-electron chi connectivity index (χ1n) is 6.14. The SMILES string of the molecule is CCCn1c(Sc2ccncc2)c([N+](=O)[O-])c(=O)[nH]c1=O. The summed E-state index contributed by atoms with van der Waals surface area (Å²) in [4.78, 5) is 40.5. The highest BCUT2D eigenvalue weighted by Crippen LogP contribution is 2.31. The van der Waals surface area contributed by atoms with E-state index in [0.29, 0.717) is 11.3 Å². The van der Waals surface area contributed by atoms with Gasteiger partial charge in [0.15, 0.2) is 5.03 Å². The zero-order valence-corrected chi connectivity index (χ0v) is 11.9. The van der Waals surface area contributed by atoms with Gasteiger partial charge in [-0.15, -0.1) is 0 Å². The first-order chi connectivity index (χ1) is 10.0. The van der Waals surface area contributed by atoms with Crippen molar-refractivity contribution in [1.82, 2.24) is 14.5 Å². The van der Waals surface area contributed by atoms with Crippen LogP contribution >= 0.6 is 11.8 Å². The van der Waals surface area contributed by atoms with E-state index in [1.807, 2.05) is 11.9 Å². The van der Waals surface area contributed by atoms with E-state index >= 15 is 0 Å². The van der Waals surface area contributed by atoms with E-state index in [1.54, 1.807) is 12.1 Å². The van der Waals surface area contributed by atoms with Crippen molar-refractivity contribution < 1.29 is 4.92 Å². The average Bonchev–Trinajstić information content (AvgIpc) is 2.43. The Morgan fingerprint density at radius 1 is 1.38 bits per heavy atom. The first kappa shape index (κ1) is 15.0. The molecule has 0 unspecified atom stereocenters. The van der Waals surface area contributed by atoms with E-state index < -0.39 is 21.9 Å². The summed E-state index contributed by atoms with van der Waals surface area (Å²) in [5.74, 6) is 0. The van der Waals surface area contributed by atoms with Crippen molar-refractivity contribution in [2.75, 3.05) is 0 Å². The highest BCUT2D eigenvalue weighted by atomic mass is 32.2. The van der Waals surface area contributed by atoms with Crippen LogP contribution in [0.5, 0.6) is 0 Å². The maximum Gasteiger partial charge on any atom is 0.364 e. The summed E-state index contributed by atoms with van der Waals surface area (Å²) in [6.45, 7) is 2.12. The van der Waals surface area contributed by atoms with E-state index in [4.69, 9.17) is 0 Å². The zero-order valence-electron chi connectivity index (χ0n) is 11.1. The van der Waals surface area contributed by atoms with Gasteiger partial charge in [-0.1, -0.05) is 18.7 Å². The number of hydrogen-bond acceptors (Lipinski definition) is 6. The molecule has 0 radical (unpaired) electrons. The monoisotopic (exact) mass is 308 g/mol. The Labute approximate surface area is 123 Å². The molecule has 21 heavy (non-hydrogen) atoms. The molecule has 0 fully saturated rings. The minimum Gasteiger partial charge on any atom is -0.282 e. The van der Waals surface area contributed by atoms with E-state index in [-0.39, 0.29) is 11.6 Å². The Hall–Kier alpha value is -2.42. The van der Waals surface area contributed by atoms with Gasteiger partial charge in [0.2, 0.25) is 0 Å². The maximum atomic E-state index is 11.9. The van der Waals surface area contributed by atoms with Crippen LogP contribution in [0.4, 0.5) is 5.69 Å². The summed E-state index contributed by atoms with van der Waals surface area (Å²) in [5.41, 5.74) is -2.26. The normalized spacial score (nSPS) is 10.5. The molecule has 110 valence electrons. The highest BCUT2D eigenvalue weighted by Gasteiger charge is 2.25. The molecule has 2 heterocycles. The second-order valence-corrected chi connectivity index (χ2v) is 5.17. The minimum absolute atomic E-state index is 0.0294. The number of H-pyrrole nitrogens is 1. The molecule has 2 aromatic rings. The topological polar surface area (TPSA) is 111 Å². The molecular formula is C12H12N4O4S. The molecule has 0 saturated carbocycles. The van der Waals surface area contributed by atoms with Gasteiger partial charge in [-0.3, -0.25) is 29.4 Å². The standard InChI is InChI=1S/C12H12N4O4S/c1-2-7-15-11(21-8-3-5-13-6-4-8)9(16(19)20)10(17)14-12(15)18/h3-6H,2,7H2,1H3,(H,14,17,18). The predicted molar refractivity (Wildman–Crippen MR) is 76.6 cm³/mol. The number of nitro groups is 1. The molecule has 0 aliphatic carbocycles. The van der Waals surface area contributed by atoms with Gasteiger partial charge in [0.1, 0.15) is 0 Å². The number of pyridine rings is 1. The van der Waals surface area contributed by atoms with Crippen molar-refractivity contribution in [3.05, 3.63) is 55.5 Å². The minimum atomic E-state index is -0.992. The van der Waals surface area contributed by atoms with Gasteiger partial charge >= 0.3 is 16.9 Å². The van der Waals surface area contributed by atoms with Crippen LogP contribution in [-0.4, -0.2) is 19.5 Å². The lowest BCUT2D eigenvalue weighted by Gasteiger charge is -2.10. The number of nitrogens with one attached hydrogen (secondary N) is 1. The lowest BCUT2D eigenvalue weighted by molar-refractivity contribution is -0.390. The van der Waals surface area contributed by atoms with Crippen molar-refractivity contribution in [3.63, 3.8) is 0 Å². The van der Waals surface area contributed by atoms with Crippen LogP contribution in [0.1, 0.15) is 13.3 Å². The second-order valence-electron chi connectivity index (χ2n) is 4.11. The second kappa shape index (κ2) is 6.35. The molecule has 0 saturated heterocycles. The van der Waals surface area contributed by atoms with Crippen LogP contribution in [-0.2, 0) is 6.54 Å². The molecule has 0 atom stereocenters. The lowest BCUT2D eigenvalue weighted by Crippen LogP contribution is -2.32. The summed E-state index contributed by atoms with van der Waals surface area (Å²) in [6.07, 6.45) is 3.67. The Bertz CT molecular complexity index is 769. The van der Waals surface area contributed by atoms with Gasteiger partial charge in [0.25, 0.3) is 0 Å². The fourth-order valence-electron chi connectivity index (χ4n) is 1.75.